The molecule has 0 N–H and O–H groups in total. The van der Waals surface area contributed by atoms with E-state index in [-0.39, 0.29) is 0 Å². The zero-order valence-corrected chi connectivity index (χ0v) is 17.7. The summed E-state index contributed by atoms with van der Waals surface area (Å²) in [4.78, 5) is 0. The molecule has 2 fully saturated rings. The van der Waals surface area contributed by atoms with Gasteiger partial charge in [-0.15, -0.1) is 0 Å². The number of hydrogen-bond acceptors (Lipinski definition) is 1. The Morgan fingerprint density at radius 1 is 0.889 bits per heavy atom. The fourth-order valence-electron chi connectivity index (χ4n) is 5.79. The van der Waals surface area contributed by atoms with Gasteiger partial charge in [-0.3, -0.25) is 0 Å². The van der Waals surface area contributed by atoms with Gasteiger partial charge >= 0.3 is 0 Å². The zero-order chi connectivity index (χ0) is 19.1. The summed E-state index contributed by atoms with van der Waals surface area (Å²) >= 11 is 0. The van der Waals surface area contributed by atoms with Gasteiger partial charge in [0.25, 0.3) is 0 Å². The van der Waals surface area contributed by atoms with Crippen LogP contribution in [0.5, 0.6) is 0 Å². The van der Waals surface area contributed by atoms with Crippen LogP contribution >= 0.6 is 0 Å². The summed E-state index contributed by atoms with van der Waals surface area (Å²) in [7, 11) is 0. The minimum Gasteiger partial charge on any atom is -0.192 e. The van der Waals surface area contributed by atoms with E-state index in [9.17, 15) is 0 Å². The Labute approximate surface area is 167 Å². The topological polar surface area (TPSA) is 23.8 Å². The van der Waals surface area contributed by atoms with Crippen molar-refractivity contribution >= 4 is 0 Å². The second kappa shape index (κ2) is 9.77. The first-order valence-electron chi connectivity index (χ1n) is 11.6. The number of unbranched alkanes of at least 4 members (excludes halogenated alkanes) is 3. The number of nitriles is 1. The predicted octanol–water partition coefficient (Wildman–Crippen LogP) is 8.00. The number of nitrogens with zero attached hydrogens (tertiary/aromatic N) is 1. The van der Waals surface area contributed by atoms with Crippen molar-refractivity contribution in [2.24, 2.45) is 17.3 Å². The second-order valence-electron chi connectivity index (χ2n) is 9.80. The van der Waals surface area contributed by atoms with Crippen LogP contribution in [0.25, 0.3) is 0 Å². The maximum atomic E-state index is 8.98. The number of benzene rings is 1. The van der Waals surface area contributed by atoms with Gasteiger partial charge in [0, 0.05) is 0 Å². The van der Waals surface area contributed by atoms with Crippen molar-refractivity contribution in [1.82, 2.24) is 0 Å². The molecule has 2 saturated carbocycles. The highest BCUT2D eigenvalue weighted by Gasteiger charge is 2.35. The molecule has 1 nitrogen and oxygen atoms in total. The third-order valence-electron chi connectivity index (χ3n) is 7.82. The van der Waals surface area contributed by atoms with Crippen LogP contribution < -0.4 is 0 Å². The summed E-state index contributed by atoms with van der Waals surface area (Å²) in [5, 5.41) is 8.98. The molecule has 0 heterocycles. The van der Waals surface area contributed by atoms with Gasteiger partial charge in [0.15, 0.2) is 0 Å². The molecule has 0 aromatic heterocycles. The van der Waals surface area contributed by atoms with Crippen molar-refractivity contribution in [2.75, 3.05) is 0 Å². The largest absolute Gasteiger partial charge is 0.192 e. The van der Waals surface area contributed by atoms with Crippen molar-refractivity contribution in [3.8, 4) is 6.07 Å². The molecule has 1 heteroatoms. The third-order valence-corrected chi connectivity index (χ3v) is 7.82. The van der Waals surface area contributed by atoms with E-state index in [2.05, 4.69) is 32.0 Å². The summed E-state index contributed by atoms with van der Waals surface area (Å²) < 4.78 is 0. The normalized spacial score (nSPS) is 31.4. The second-order valence-corrected chi connectivity index (χ2v) is 9.80. The molecule has 0 unspecified atom stereocenters. The minimum absolute atomic E-state index is 0.643. The summed E-state index contributed by atoms with van der Waals surface area (Å²) in [5.41, 5.74) is 2.88. The lowest BCUT2D eigenvalue weighted by Crippen LogP contribution is -2.30. The number of hydrogen-bond donors (Lipinski definition) is 0. The highest BCUT2D eigenvalue weighted by molar-refractivity contribution is 5.33. The maximum absolute atomic E-state index is 8.98. The SMILES string of the molecule is CCCCCC[C@]1(C)CC[C@@H](C2CCC(c3ccc(C#N)cc3)CC2)CC1. The van der Waals surface area contributed by atoms with Crippen LogP contribution in [-0.4, -0.2) is 0 Å². The van der Waals surface area contributed by atoms with E-state index in [4.69, 9.17) is 5.26 Å². The first-order chi connectivity index (χ1) is 13.1. The van der Waals surface area contributed by atoms with Gasteiger partial charge in [0.05, 0.1) is 11.6 Å². The molecular weight excluding hydrogens is 326 g/mol. The van der Waals surface area contributed by atoms with Crippen LogP contribution in [0.2, 0.25) is 0 Å². The van der Waals surface area contributed by atoms with Gasteiger partial charge in [-0.05, 0) is 98.7 Å². The zero-order valence-electron chi connectivity index (χ0n) is 17.7. The van der Waals surface area contributed by atoms with E-state index < -0.39 is 0 Å². The van der Waals surface area contributed by atoms with Crippen LogP contribution in [0.15, 0.2) is 24.3 Å². The first-order valence-corrected chi connectivity index (χ1v) is 11.6. The van der Waals surface area contributed by atoms with E-state index in [0.717, 1.165) is 23.3 Å². The Balaban J connectivity index is 1.42. The van der Waals surface area contributed by atoms with Crippen molar-refractivity contribution < 1.29 is 0 Å². The average Bonchev–Trinajstić information content (AvgIpc) is 2.72. The van der Waals surface area contributed by atoms with E-state index in [1.807, 2.05) is 12.1 Å². The first kappa shape index (κ1) is 20.4. The standard InChI is InChI=1S/C26H39N/c1-3-4-5-6-17-26(2)18-15-25(16-19-26)24-13-11-23(12-14-24)22-9-7-21(20-27)8-10-22/h7-10,23-25H,3-6,11-19H2,1-2H3/t23?,24?,25-,26-. The van der Waals surface area contributed by atoms with E-state index in [1.54, 1.807) is 0 Å². The predicted molar refractivity (Wildman–Crippen MR) is 115 cm³/mol. The van der Waals surface area contributed by atoms with Crippen molar-refractivity contribution in [3.05, 3.63) is 35.4 Å². The Morgan fingerprint density at radius 2 is 1.52 bits per heavy atom. The molecule has 0 bridgehead atoms. The molecule has 1 aromatic carbocycles. The molecule has 1 aromatic rings. The molecule has 0 saturated heterocycles. The molecule has 0 radical (unpaired) electrons. The Hall–Kier alpha value is -1.29. The van der Waals surface area contributed by atoms with Crippen molar-refractivity contribution in [2.45, 2.75) is 103 Å². The van der Waals surface area contributed by atoms with Crippen LogP contribution in [-0.2, 0) is 0 Å². The van der Waals surface area contributed by atoms with Gasteiger partial charge in [-0.2, -0.15) is 5.26 Å². The quantitative estimate of drug-likeness (QED) is 0.449. The van der Waals surface area contributed by atoms with Crippen LogP contribution in [0.1, 0.15) is 114 Å². The monoisotopic (exact) mass is 365 g/mol. The molecule has 2 aliphatic rings. The van der Waals surface area contributed by atoms with E-state index >= 15 is 0 Å². The summed E-state index contributed by atoms with van der Waals surface area (Å²) in [6.07, 6.45) is 18.6. The fraction of sp³-hybridized carbons (Fsp3) is 0.731. The van der Waals surface area contributed by atoms with Gasteiger partial charge < -0.3 is 0 Å². The van der Waals surface area contributed by atoms with Gasteiger partial charge in [-0.1, -0.05) is 51.7 Å². The molecular formula is C26H39N. The molecule has 0 amide bonds. The Kier molecular flexibility index (Phi) is 7.40. The van der Waals surface area contributed by atoms with Crippen LogP contribution in [0.4, 0.5) is 0 Å². The minimum atomic E-state index is 0.643. The smallest absolute Gasteiger partial charge is 0.0991 e. The lowest BCUT2D eigenvalue weighted by molar-refractivity contribution is 0.102. The van der Waals surface area contributed by atoms with E-state index in [1.165, 1.54) is 89.0 Å². The summed E-state index contributed by atoms with van der Waals surface area (Å²) in [5.74, 6) is 2.70. The maximum Gasteiger partial charge on any atom is 0.0991 e. The molecule has 2 aliphatic carbocycles. The molecule has 148 valence electrons. The highest BCUT2D eigenvalue weighted by atomic mass is 14.4. The van der Waals surface area contributed by atoms with Crippen molar-refractivity contribution in [1.29, 1.82) is 5.26 Å². The Bertz CT molecular complexity index is 592. The average molecular weight is 366 g/mol. The molecule has 0 atom stereocenters. The Morgan fingerprint density at radius 3 is 2.11 bits per heavy atom. The third kappa shape index (κ3) is 5.60. The molecule has 3 rings (SSSR count). The lowest BCUT2D eigenvalue weighted by Gasteiger charge is -2.42. The molecule has 27 heavy (non-hydrogen) atoms. The highest BCUT2D eigenvalue weighted by Crippen LogP contribution is 2.48. The fourth-order valence-corrected chi connectivity index (χ4v) is 5.79. The lowest BCUT2D eigenvalue weighted by atomic mass is 9.63. The molecule has 0 spiro atoms. The van der Waals surface area contributed by atoms with Gasteiger partial charge in [-0.25, -0.2) is 0 Å². The number of rotatable bonds is 7. The van der Waals surface area contributed by atoms with Crippen LogP contribution in [0.3, 0.4) is 0 Å². The van der Waals surface area contributed by atoms with Gasteiger partial charge in [0.1, 0.15) is 0 Å². The van der Waals surface area contributed by atoms with Crippen LogP contribution in [0, 0.1) is 28.6 Å². The molecule has 0 aliphatic heterocycles. The summed E-state index contributed by atoms with van der Waals surface area (Å²) in [6.45, 7) is 4.87. The van der Waals surface area contributed by atoms with Gasteiger partial charge in [0.2, 0.25) is 0 Å². The van der Waals surface area contributed by atoms with Crippen molar-refractivity contribution in [3.63, 3.8) is 0 Å². The van der Waals surface area contributed by atoms with E-state index in [0.29, 0.717) is 5.41 Å². The summed E-state index contributed by atoms with van der Waals surface area (Å²) in [6, 6.07) is 10.6.